The van der Waals surface area contributed by atoms with E-state index in [0.717, 1.165) is 24.2 Å². The Bertz CT molecular complexity index is 902. The minimum atomic E-state index is 0.0736. The van der Waals surface area contributed by atoms with E-state index in [0.29, 0.717) is 6.42 Å². The molecule has 0 aliphatic carbocycles. The highest BCUT2D eigenvalue weighted by Crippen LogP contribution is 2.27. The summed E-state index contributed by atoms with van der Waals surface area (Å²) in [5, 5.41) is 2.36. The molecule has 3 nitrogen and oxygen atoms in total. The Hall–Kier alpha value is -2.94. The molecule has 1 atom stereocenters. The van der Waals surface area contributed by atoms with E-state index in [1.807, 2.05) is 30.5 Å². The van der Waals surface area contributed by atoms with Crippen LogP contribution < -0.4 is 4.74 Å². The van der Waals surface area contributed by atoms with Crippen LogP contribution in [0.5, 0.6) is 5.75 Å². The summed E-state index contributed by atoms with van der Waals surface area (Å²) < 4.78 is 5.28. The van der Waals surface area contributed by atoms with E-state index in [1.54, 1.807) is 13.3 Å². The molecule has 0 amide bonds. The zero-order valence-corrected chi connectivity index (χ0v) is 15.0. The van der Waals surface area contributed by atoms with Gasteiger partial charge in [0.25, 0.3) is 0 Å². The summed E-state index contributed by atoms with van der Waals surface area (Å²) in [5.41, 5.74) is 2.37. The Labute approximate surface area is 154 Å². The van der Waals surface area contributed by atoms with E-state index < -0.39 is 0 Å². The number of carbonyl (C=O) groups is 1. The number of aryl methyl sites for hydroxylation is 1. The lowest BCUT2D eigenvalue weighted by Gasteiger charge is -2.16. The summed E-state index contributed by atoms with van der Waals surface area (Å²) in [6, 6.07) is 16.6. The molecule has 1 aromatic heterocycles. The molecule has 0 bridgehead atoms. The van der Waals surface area contributed by atoms with Crippen molar-refractivity contribution in [1.29, 1.82) is 0 Å². The first kappa shape index (κ1) is 17.9. The lowest BCUT2D eigenvalue weighted by molar-refractivity contribution is -0.115. The van der Waals surface area contributed by atoms with Crippen LogP contribution in [0.15, 0.2) is 73.6 Å². The predicted octanol–water partition coefficient (Wildman–Crippen LogP) is 5.11. The van der Waals surface area contributed by atoms with E-state index in [1.165, 1.54) is 22.4 Å². The second-order valence-electron chi connectivity index (χ2n) is 6.44. The van der Waals surface area contributed by atoms with Crippen molar-refractivity contribution in [2.45, 2.75) is 25.2 Å². The van der Waals surface area contributed by atoms with Gasteiger partial charge in [-0.2, -0.15) is 0 Å². The number of nitrogens with zero attached hydrogens (tertiary/aromatic N) is 1. The third-order valence-electron chi connectivity index (χ3n) is 4.72. The van der Waals surface area contributed by atoms with Crippen LogP contribution in [0, 0.1) is 0 Å². The van der Waals surface area contributed by atoms with Crippen LogP contribution in [0.4, 0.5) is 0 Å². The summed E-state index contributed by atoms with van der Waals surface area (Å²) >= 11 is 0. The molecule has 1 heterocycles. The standard InChI is InChI=1S/C23H23NO2/c1-3-22(25)14-19(21-5-4-12-24-16-21)8-6-17-7-9-20-15-23(26-2)11-10-18(20)13-17/h3-5,7,9-13,15-16,19H,1,6,8,14H2,2H3. The second-order valence-corrected chi connectivity index (χ2v) is 6.44. The molecule has 2 aromatic carbocycles. The highest BCUT2D eigenvalue weighted by Gasteiger charge is 2.15. The molecule has 0 aliphatic rings. The molecule has 0 fully saturated rings. The minimum absolute atomic E-state index is 0.0736. The number of methoxy groups -OCH3 is 1. The number of allylic oxidation sites excluding steroid dienone is 1. The molecule has 0 N–H and O–H groups in total. The van der Waals surface area contributed by atoms with Crippen molar-refractivity contribution in [2.24, 2.45) is 0 Å². The Morgan fingerprint density at radius 3 is 2.73 bits per heavy atom. The maximum atomic E-state index is 11.9. The second kappa shape index (κ2) is 8.43. The Morgan fingerprint density at radius 2 is 2.00 bits per heavy atom. The van der Waals surface area contributed by atoms with Gasteiger partial charge in [0.2, 0.25) is 0 Å². The zero-order valence-electron chi connectivity index (χ0n) is 15.0. The lowest BCUT2D eigenvalue weighted by Crippen LogP contribution is -2.07. The Kier molecular flexibility index (Phi) is 5.80. The molecule has 0 spiro atoms. The van der Waals surface area contributed by atoms with Gasteiger partial charge in [0, 0.05) is 18.8 Å². The first-order valence-corrected chi connectivity index (χ1v) is 8.81. The van der Waals surface area contributed by atoms with Gasteiger partial charge >= 0.3 is 0 Å². The normalized spacial score (nSPS) is 11.9. The van der Waals surface area contributed by atoms with Crippen LogP contribution in [0.1, 0.15) is 29.9 Å². The number of ether oxygens (including phenoxy) is 1. The third kappa shape index (κ3) is 4.37. The molecule has 3 heteroatoms. The topological polar surface area (TPSA) is 39.2 Å². The van der Waals surface area contributed by atoms with Crippen LogP contribution in [0.2, 0.25) is 0 Å². The van der Waals surface area contributed by atoms with Crippen LogP contribution in [0.3, 0.4) is 0 Å². The van der Waals surface area contributed by atoms with Gasteiger partial charge in [-0.3, -0.25) is 9.78 Å². The SMILES string of the molecule is C=CC(=O)CC(CCc1ccc2cc(OC)ccc2c1)c1cccnc1. The van der Waals surface area contributed by atoms with Crippen LogP contribution in [-0.2, 0) is 11.2 Å². The molecule has 3 rings (SSSR count). The Balaban J connectivity index is 1.76. The van der Waals surface area contributed by atoms with Gasteiger partial charge in [0.15, 0.2) is 5.78 Å². The van der Waals surface area contributed by atoms with Crippen molar-refractivity contribution in [3.8, 4) is 5.75 Å². The van der Waals surface area contributed by atoms with Crippen LogP contribution in [0.25, 0.3) is 10.8 Å². The maximum absolute atomic E-state index is 11.9. The molecule has 0 saturated carbocycles. The fourth-order valence-electron chi connectivity index (χ4n) is 3.23. The van der Waals surface area contributed by atoms with Crippen LogP contribution in [-0.4, -0.2) is 17.9 Å². The van der Waals surface area contributed by atoms with E-state index in [9.17, 15) is 4.79 Å². The largest absolute Gasteiger partial charge is 0.497 e. The number of hydrogen-bond donors (Lipinski definition) is 0. The van der Waals surface area contributed by atoms with E-state index in [4.69, 9.17) is 4.74 Å². The zero-order chi connectivity index (χ0) is 18.4. The number of rotatable bonds is 8. The number of pyridine rings is 1. The average molecular weight is 345 g/mol. The van der Waals surface area contributed by atoms with Crippen molar-refractivity contribution in [1.82, 2.24) is 4.98 Å². The van der Waals surface area contributed by atoms with Gasteiger partial charge in [0.05, 0.1) is 7.11 Å². The summed E-state index contributed by atoms with van der Waals surface area (Å²) in [7, 11) is 1.68. The first-order valence-electron chi connectivity index (χ1n) is 8.81. The quantitative estimate of drug-likeness (QED) is 0.533. The van der Waals surface area contributed by atoms with E-state index in [-0.39, 0.29) is 11.7 Å². The minimum Gasteiger partial charge on any atom is -0.497 e. The number of hydrogen-bond acceptors (Lipinski definition) is 3. The number of aromatic nitrogens is 1. The van der Waals surface area contributed by atoms with Gasteiger partial charge in [-0.15, -0.1) is 0 Å². The molecule has 0 radical (unpaired) electrons. The number of carbonyl (C=O) groups excluding carboxylic acids is 1. The van der Waals surface area contributed by atoms with Crippen molar-refractivity contribution in [3.63, 3.8) is 0 Å². The molecule has 0 saturated heterocycles. The number of benzene rings is 2. The first-order chi connectivity index (χ1) is 12.7. The number of fused-ring (bicyclic) bond motifs is 1. The average Bonchev–Trinajstić information content (AvgIpc) is 2.70. The lowest BCUT2D eigenvalue weighted by atomic mass is 9.89. The summed E-state index contributed by atoms with van der Waals surface area (Å²) in [6.45, 7) is 3.60. The molecular formula is C23H23NO2. The molecule has 0 aliphatic heterocycles. The fourth-order valence-corrected chi connectivity index (χ4v) is 3.23. The summed E-state index contributed by atoms with van der Waals surface area (Å²) in [6.07, 6.45) is 7.30. The Morgan fingerprint density at radius 1 is 1.19 bits per heavy atom. The van der Waals surface area contributed by atoms with Gasteiger partial charge in [-0.25, -0.2) is 0 Å². The van der Waals surface area contributed by atoms with Gasteiger partial charge < -0.3 is 4.74 Å². The van der Waals surface area contributed by atoms with Gasteiger partial charge in [-0.1, -0.05) is 36.9 Å². The summed E-state index contributed by atoms with van der Waals surface area (Å²) in [4.78, 5) is 16.1. The van der Waals surface area contributed by atoms with Crippen molar-refractivity contribution < 1.29 is 9.53 Å². The van der Waals surface area contributed by atoms with E-state index >= 15 is 0 Å². The van der Waals surface area contributed by atoms with Crippen molar-refractivity contribution in [3.05, 3.63) is 84.7 Å². The monoisotopic (exact) mass is 345 g/mol. The molecule has 26 heavy (non-hydrogen) atoms. The van der Waals surface area contributed by atoms with Crippen molar-refractivity contribution >= 4 is 16.6 Å². The van der Waals surface area contributed by atoms with E-state index in [2.05, 4.69) is 35.8 Å². The summed E-state index contributed by atoms with van der Waals surface area (Å²) in [5.74, 6) is 1.09. The smallest absolute Gasteiger partial charge is 0.155 e. The highest BCUT2D eigenvalue weighted by molar-refractivity contribution is 5.89. The number of ketones is 1. The van der Waals surface area contributed by atoms with Crippen LogP contribution >= 0.6 is 0 Å². The molecule has 3 aromatic rings. The van der Waals surface area contributed by atoms with Gasteiger partial charge in [0.1, 0.15) is 5.75 Å². The fraction of sp³-hybridized carbons (Fsp3) is 0.217. The third-order valence-corrected chi connectivity index (χ3v) is 4.72. The van der Waals surface area contributed by atoms with Gasteiger partial charge in [-0.05, 0) is 64.9 Å². The maximum Gasteiger partial charge on any atom is 0.155 e. The molecule has 1 unspecified atom stereocenters. The molecular weight excluding hydrogens is 322 g/mol. The van der Waals surface area contributed by atoms with Crippen molar-refractivity contribution in [2.75, 3.05) is 7.11 Å². The molecule has 132 valence electrons. The highest BCUT2D eigenvalue weighted by atomic mass is 16.5. The predicted molar refractivity (Wildman–Crippen MR) is 106 cm³/mol.